The minimum atomic E-state index is -0.143. The van der Waals surface area contributed by atoms with E-state index in [0.29, 0.717) is 34.4 Å². The van der Waals surface area contributed by atoms with Gasteiger partial charge in [0.1, 0.15) is 5.75 Å². The topological polar surface area (TPSA) is 55.4 Å². The Hall–Kier alpha value is -2.33. The van der Waals surface area contributed by atoms with Crippen molar-refractivity contribution in [1.82, 2.24) is 0 Å². The van der Waals surface area contributed by atoms with Crippen LogP contribution in [0.3, 0.4) is 0 Å². The van der Waals surface area contributed by atoms with E-state index in [4.69, 9.17) is 16.3 Å². The van der Waals surface area contributed by atoms with Gasteiger partial charge in [-0.05, 0) is 48.4 Å². The van der Waals surface area contributed by atoms with Gasteiger partial charge < -0.3 is 10.1 Å². The molecule has 0 aliphatic rings. The maximum Gasteiger partial charge on any atom is 0.224 e. The van der Waals surface area contributed by atoms with E-state index >= 15 is 0 Å². The van der Waals surface area contributed by atoms with Crippen LogP contribution in [0.5, 0.6) is 5.75 Å². The second kappa shape index (κ2) is 8.50. The van der Waals surface area contributed by atoms with E-state index in [2.05, 4.69) is 5.32 Å². The number of rotatable bonds is 7. The molecule has 0 fully saturated rings. The summed E-state index contributed by atoms with van der Waals surface area (Å²) in [5.41, 5.74) is 1.20. The number of ether oxygens (including phenoxy) is 1. The van der Waals surface area contributed by atoms with E-state index in [1.165, 1.54) is 0 Å². The van der Waals surface area contributed by atoms with E-state index < -0.39 is 0 Å². The molecule has 0 spiro atoms. The zero-order chi connectivity index (χ0) is 17.5. The highest BCUT2D eigenvalue weighted by atomic mass is 35.5. The molecule has 0 aromatic heterocycles. The molecular formula is C19H20ClNO3. The molecule has 0 aliphatic heterocycles. The summed E-state index contributed by atoms with van der Waals surface area (Å²) in [6, 6.07) is 13.7. The Balaban J connectivity index is 1.90. The highest BCUT2D eigenvalue weighted by molar-refractivity contribution is 6.30. The van der Waals surface area contributed by atoms with Crippen LogP contribution in [0.25, 0.3) is 0 Å². The number of carbonyl (C=O) groups excluding carboxylic acids is 2. The van der Waals surface area contributed by atoms with Crippen molar-refractivity contribution in [3.05, 3.63) is 59.1 Å². The van der Waals surface area contributed by atoms with Gasteiger partial charge in [0.05, 0.1) is 0 Å². The van der Waals surface area contributed by atoms with Crippen LogP contribution in [0.2, 0.25) is 5.02 Å². The average molecular weight is 346 g/mol. The lowest BCUT2D eigenvalue weighted by molar-refractivity contribution is -0.116. The SMILES string of the molecule is CC(C)CC(=O)Nc1ccc(C(=O)COc2cccc(Cl)c2)cc1. The van der Waals surface area contributed by atoms with Crippen LogP contribution < -0.4 is 10.1 Å². The van der Waals surface area contributed by atoms with Crippen LogP contribution in [0, 0.1) is 5.92 Å². The lowest BCUT2D eigenvalue weighted by atomic mass is 10.1. The van der Waals surface area contributed by atoms with Gasteiger partial charge in [0.15, 0.2) is 12.4 Å². The maximum absolute atomic E-state index is 12.1. The van der Waals surface area contributed by atoms with Crippen molar-refractivity contribution in [2.75, 3.05) is 11.9 Å². The molecule has 126 valence electrons. The molecule has 0 bridgehead atoms. The molecule has 4 nitrogen and oxygen atoms in total. The van der Waals surface area contributed by atoms with E-state index in [1.807, 2.05) is 13.8 Å². The normalized spacial score (nSPS) is 10.5. The lowest BCUT2D eigenvalue weighted by Crippen LogP contribution is -2.14. The fourth-order valence-electron chi connectivity index (χ4n) is 2.11. The van der Waals surface area contributed by atoms with Crippen LogP contribution in [0.4, 0.5) is 5.69 Å². The number of amides is 1. The number of hydrogen-bond donors (Lipinski definition) is 1. The highest BCUT2D eigenvalue weighted by Crippen LogP contribution is 2.18. The first-order chi connectivity index (χ1) is 11.4. The molecule has 2 aromatic rings. The van der Waals surface area contributed by atoms with E-state index in [9.17, 15) is 9.59 Å². The Bertz CT molecular complexity index is 711. The van der Waals surface area contributed by atoms with Crippen LogP contribution in [0.15, 0.2) is 48.5 Å². The van der Waals surface area contributed by atoms with Crippen molar-refractivity contribution in [1.29, 1.82) is 0 Å². The number of benzene rings is 2. The maximum atomic E-state index is 12.1. The standard InChI is InChI=1S/C19H20ClNO3/c1-13(2)10-19(23)21-16-8-6-14(7-9-16)18(22)12-24-17-5-3-4-15(20)11-17/h3-9,11,13H,10,12H2,1-2H3,(H,21,23). The van der Waals surface area contributed by atoms with Crippen molar-refractivity contribution in [2.45, 2.75) is 20.3 Å². The molecule has 5 heteroatoms. The van der Waals surface area contributed by atoms with Crippen LogP contribution >= 0.6 is 11.6 Å². The number of nitrogens with one attached hydrogen (secondary N) is 1. The number of anilines is 1. The van der Waals surface area contributed by atoms with Crippen LogP contribution in [-0.2, 0) is 4.79 Å². The molecule has 2 rings (SSSR count). The quantitative estimate of drug-likeness (QED) is 0.747. The molecule has 0 heterocycles. The molecule has 0 unspecified atom stereocenters. The Morgan fingerprint density at radius 1 is 1.12 bits per heavy atom. The molecule has 0 saturated carbocycles. The van der Waals surface area contributed by atoms with Gasteiger partial charge in [-0.25, -0.2) is 0 Å². The van der Waals surface area contributed by atoms with E-state index in [1.54, 1.807) is 48.5 Å². The number of carbonyl (C=O) groups is 2. The molecule has 0 aliphatic carbocycles. The predicted octanol–water partition coefficient (Wildman–Crippen LogP) is 4.59. The number of Topliss-reactive ketones (excluding diaryl/α,β-unsaturated/α-hetero) is 1. The summed E-state index contributed by atoms with van der Waals surface area (Å²) < 4.78 is 5.44. The predicted molar refractivity (Wildman–Crippen MR) is 95.8 cm³/mol. The Morgan fingerprint density at radius 2 is 1.83 bits per heavy atom. The molecule has 0 atom stereocenters. The minimum Gasteiger partial charge on any atom is -0.485 e. The third kappa shape index (κ3) is 5.70. The molecule has 2 aromatic carbocycles. The Morgan fingerprint density at radius 3 is 2.46 bits per heavy atom. The van der Waals surface area contributed by atoms with Crippen LogP contribution in [0.1, 0.15) is 30.6 Å². The van der Waals surface area contributed by atoms with E-state index in [0.717, 1.165) is 0 Å². The fraction of sp³-hybridized carbons (Fsp3) is 0.263. The Labute approximate surface area is 146 Å². The summed E-state index contributed by atoms with van der Waals surface area (Å²) in [5, 5.41) is 3.36. The fourth-order valence-corrected chi connectivity index (χ4v) is 2.29. The van der Waals surface area contributed by atoms with Gasteiger partial charge in [0.2, 0.25) is 5.91 Å². The first-order valence-corrected chi connectivity index (χ1v) is 8.13. The van der Waals surface area contributed by atoms with Gasteiger partial charge in [-0.2, -0.15) is 0 Å². The monoisotopic (exact) mass is 345 g/mol. The summed E-state index contributed by atoms with van der Waals surface area (Å²) in [7, 11) is 0. The molecular weight excluding hydrogens is 326 g/mol. The van der Waals surface area contributed by atoms with Gasteiger partial charge in [-0.1, -0.05) is 31.5 Å². The largest absolute Gasteiger partial charge is 0.485 e. The third-order valence-corrected chi connectivity index (χ3v) is 3.49. The van der Waals surface area contributed by atoms with E-state index in [-0.39, 0.29) is 18.3 Å². The van der Waals surface area contributed by atoms with Gasteiger partial charge in [0, 0.05) is 22.7 Å². The molecule has 1 amide bonds. The molecule has 0 saturated heterocycles. The zero-order valence-corrected chi connectivity index (χ0v) is 14.5. The number of hydrogen-bond acceptors (Lipinski definition) is 3. The van der Waals surface area contributed by atoms with Crippen molar-refractivity contribution in [3.8, 4) is 5.75 Å². The first-order valence-electron chi connectivity index (χ1n) is 7.75. The summed E-state index contributed by atoms with van der Waals surface area (Å²) in [6.45, 7) is 3.90. The summed E-state index contributed by atoms with van der Waals surface area (Å²) in [5.74, 6) is 0.673. The van der Waals surface area contributed by atoms with Crippen molar-refractivity contribution in [3.63, 3.8) is 0 Å². The van der Waals surface area contributed by atoms with Gasteiger partial charge in [-0.3, -0.25) is 9.59 Å². The smallest absolute Gasteiger partial charge is 0.224 e. The first kappa shape index (κ1) is 18.0. The average Bonchev–Trinajstić information content (AvgIpc) is 2.52. The van der Waals surface area contributed by atoms with Crippen molar-refractivity contribution >= 4 is 29.0 Å². The second-order valence-electron chi connectivity index (χ2n) is 5.89. The summed E-state index contributed by atoms with van der Waals surface area (Å²) in [4.78, 5) is 23.9. The second-order valence-corrected chi connectivity index (χ2v) is 6.33. The van der Waals surface area contributed by atoms with Crippen molar-refractivity contribution in [2.24, 2.45) is 5.92 Å². The van der Waals surface area contributed by atoms with Crippen molar-refractivity contribution < 1.29 is 14.3 Å². The third-order valence-electron chi connectivity index (χ3n) is 3.25. The van der Waals surface area contributed by atoms with Gasteiger partial charge in [-0.15, -0.1) is 0 Å². The Kier molecular flexibility index (Phi) is 6.38. The van der Waals surface area contributed by atoms with Gasteiger partial charge >= 0.3 is 0 Å². The minimum absolute atomic E-state index is 0.0339. The molecule has 24 heavy (non-hydrogen) atoms. The number of halogens is 1. The summed E-state index contributed by atoms with van der Waals surface area (Å²) >= 11 is 5.87. The molecule has 1 N–H and O–H groups in total. The van der Waals surface area contributed by atoms with Crippen LogP contribution in [-0.4, -0.2) is 18.3 Å². The zero-order valence-electron chi connectivity index (χ0n) is 13.7. The highest BCUT2D eigenvalue weighted by Gasteiger charge is 2.09. The molecule has 0 radical (unpaired) electrons. The summed E-state index contributed by atoms with van der Waals surface area (Å²) in [6.07, 6.45) is 0.466. The van der Waals surface area contributed by atoms with Gasteiger partial charge in [0.25, 0.3) is 0 Å². The number of ketones is 1. The lowest BCUT2D eigenvalue weighted by Gasteiger charge is -2.08.